The third-order valence-electron chi connectivity index (χ3n) is 6.54. The van der Waals surface area contributed by atoms with E-state index in [9.17, 15) is 4.39 Å². The summed E-state index contributed by atoms with van der Waals surface area (Å²) in [6.45, 7) is 9.09. The first kappa shape index (κ1) is 19.9. The van der Waals surface area contributed by atoms with Crippen molar-refractivity contribution in [3.63, 3.8) is 0 Å². The normalized spacial score (nSPS) is 22.7. The molecule has 0 unspecified atom stereocenters. The van der Waals surface area contributed by atoms with Crippen LogP contribution < -0.4 is 5.32 Å². The molecule has 7 nitrogen and oxygen atoms in total. The van der Waals surface area contributed by atoms with Gasteiger partial charge in [0.05, 0.1) is 17.3 Å². The molecule has 8 heteroatoms. The minimum atomic E-state index is -0.908. The van der Waals surface area contributed by atoms with Gasteiger partial charge in [0.2, 0.25) is 5.95 Å². The zero-order chi connectivity index (χ0) is 21.5. The van der Waals surface area contributed by atoms with Crippen molar-refractivity contribution in [2.24, 2.45) is 0 Å². The highest BCUT2D eigenvalue weighted by molar-refractivity contribution is 5.90. The average molecular weight is 422 g/mol. The van der Waals surface area contributed by atoms with E-state index >= 15 is 0 Å². The quantitative estimate of drug-likeness (QED) is 0.615. The van der Waals surface area contributed by atoms with Crippen LogP contribution in [0.15, 0.2) is 37.3 Å². The Labute approximate surface area is 181 Å². The van der Waals surface area contributed by atoms with E-state index in [2.05, 4.69) is 31.9 Å². The molecule has 4 heterocycles. The molecule has 0 spiro atoms. The molecule has 1 aliphatic heterocycles. The molecule has 2 fully saturated rings. The SMILES string of the molecule is C=C/C(=C\n1ccnc1C)c1ccn2nc(N[C@@H]3CN(C4CCC4)C[C@@H]3F)nc(C)c12. The number of aryl methyl sites for hydroxylation is 2. The van der Waals surface area contributed by atoms with Crippen molar-refractivity contribution in [1.29, 1.82) is 0 Å². The first-order chi connectivity index (χ1) is 15.0. The van der Waals surface area contributed by atoms with Crippen LogP contribution in [0.4, 0.5) is 10.3 Å². The molecule has 3 aromatic rings. The van der Waals surface area contributed by atoms with E-state index < -0.39 is 6.17 Å². The number of likely N-dealkylation sites (tertiary alicyclic amines) is 1. The van der Waals surface area contributed by atoms with Gasteiger partial charge in [0.1, 0.15) is 12.0 Å². The van der Waals surface area contributed by atoms with Crippen LogP contribution in [0.3, 0.4) is 0 Å². The van der Waals surface area contributed by atoms with Crippen molar-refractivity contribution < 1.29 is 4.39 Å². The van der Waals surface area contributed by atoms with Crippen LogP contribution in [0.1, 0.15) is 36.3 Å². The Hall–Kier alpha value is -3.00. The Bertz CT molecular complexity index is 1140. The summed E-state index contributed by atoms with van der Waals surface area (Å²) in [5.74, 6) is 1.36. The molecule has 0 amide bonds. The summed E-state index contributed by atoms with van der Waals surface area (Å²) in [6.07, 6.45) is 12.1. The molecule has 0 aromatic carbocycles. The van der Waals surface area contributed by atoms with Gasteiger partial charge in [0.15, 0.2) is 0 Å². The highest BCUT2D eigenvalue weighted by Gasteiger charge is 2.38. The lowest BCUT2D eigenvalue weighted by atomic mass is 9.92. The molecule has 0 bridgehead atoms. The molecule has 1 aliphatic carbocycles. The van der Waals surface area contributed by atoms with Crippen LogP contribution in [0.2, 0.25) is 0 Å². The summed E-state index contributed by atoms with van der Waals surface area (Å²) in [5, 5.41) is 7.86. The van der Waals surface area contributed by atoms with E-state index in [1.807, 2.05) is 53.7 Å². The summed E-state index contributed by atoms with van der Waals surface area (Å²) >= 11 is 0. The van der Waals surface area contributed by atoms with Gasteiger partial charge in [-0.05, 0) is 32.8 Å². The second-order valence-electron chi connectivity index (χ2n) is 8.52. The van der Waals surface area contributed by atoms with E-state index in [1.54, 1.807) is 6.20 Å². The first-order valence-electron chi connectivity index (χ1n) is 10.9. The second kappa shape index (κ2) is 7.92. The van der Waals surface area contributed by atoms with E-state index in [-0.39, 0.29) is 6.04 Å². The summed E-state index contributed by atoms with van der Waals surface area (Å²) in [7, 11) is 0. The molecule has 1 saturated carbocycles. The molecule has 1 saturated heterocycles. The highest BCUT2D eigenvalue weighted by atomic mass is 19.1. The second-order valence-corrected chi connectivity index (χ2v) is 8.52. The zero-order valence-corrected chi connectivity index (χ0v) is 18.0. The monoisotopic (exact) mass is 421 g/mol. The lowest BCUT2D eigenvalue weighted by Gasteiger charge is -2.34. The number of nitrogens with one attached hydrogen (secondary N) is 1. The van der Waals surface area contributed by atoms with Crippen molar-refractivity contribution >= 4 is 23.2 Å². The molecule has 31 heavy (non-hydrogen) atoms. The third kappa shape index (κ3) is 3.65. The van der Waals surface area contributed by atoms with Crippen LogP contribution in [0, 0.1) is 13.8 Å². The number of anilines is 1. The number of fused-ring (bicyclic) bond motifs is 1. The lowest BCUT2D eigenvalue weighted by Crippen LogP contribution is -2.39. The number of hydrogen-bond donors (Lipinski definition) is 1. The van der Waals surface area contributed by atoms with Crippen molar-refractivity contribution in [2.45, 2.75) is 51.4 Å². The number of hydrogen-bond acceptors (Lipinski definition) is 5. The van der Waals surface area contributed by atoms with Crippen LogP contribution in [0.5, 0.6) is 0 Å². The maximum atomic E-state index is 14.6. The van der Waals surface area contributed by atoms with E-state index in [4.69, 9.17) is 0 Å². The van der Waals surface area contributed by atoms with Gasteiger partial charge in [0.25, 0.3) is 0 Å². The number of allylic oxidation sites excluding steroid dienone is 2. The van der Waals surface area contributed by atoms with E-state index in [1.165, 1.54) is 19.3 Å². The van der Waals surface area contributed by atoms with Crippen molar-refractivity contribution in [3.8, 4) is 0 Å². The fraction of sp³-hybridized carbons (Fsp3) is 0.435. The van der Waals surface area contributed by atoms with Gasteiger partial charge < -0.3 is 9.88 Å². The topological polar surface area (TPSA) is 63.3 Å². The molecule has 5 rings (SSSR count). The molecular weight excluding hydrogens is 393 g/mol. The molecule has 2 aliphatic rings. The van der Waals surface area contributed by atoms with Gasteiger partial charge in [0, 0.05) is 55.1 Å². The summed E-state index contributed by atoms with van der Waals surface area (Å²) in [6, 6.07) is 2.28. The molecular formula is C23H28FN7. The first-order valence-corrected chi connectivity index (χ1v) is 10.9. The largest absolute Gasteiger partial charge is 0.346 e. The summed E-state index contributed by atoms with van der Waals surface area (Å²) in [5.41, 5.74) is 3.69. The Morgan fingerprint density at radius 3 is 2.77 bits per heavy atom. The molecule has 3 aromatic heterocycles. The van der Waals surface area contributed by atoms with Crippen LogP contribution in [-0.4, -0.2) is 60.4 Å². The number of halogens is 1. The van der Waals surface area contributed by atoms with Gasteiger partial charge in [-0.2, -0.15) is 0 Å². The van der Waals surface area contributed by atoms with Gasteiger partial charge in [-0.15, -0.1) is 5.10 Å². The van der Waals surface area contributed by atoms with Gasteiger partial charge >= 0.3 is 0 Å². The molecule has 2 atom stereocenters. The Morgan fingerprint density at radius 2 is 2.10 bits per heavy atom. The third-order valence-corrected chi connectivity index (χ3v) is 6.54. The maximum absolute atomic E-state index is 14.6. The Morgan fingerprint density at radius 1 is 1.26 bits per heavy atom. The number of nitrogens with zero attached hydrogens (tertiary/aromatic N) is 6. The van der Waals surface area contributed by atoms with Crippen LogP contribution in [-0.2, 0) is 0 Å². The van der Waals surface area contributed by atoms with Crippen molar-refractivity contribution in [3.05, 3.63) is 54.4 Å². The van der Waals surface area contributed by atoms with Crippen molar-refractivity contribution in [2.75, 3.05) is 18.4 Å². The summed E-state index contributed by atoms with van der Waals surface area (Å²) in [4.78, 5) is 11.2. The zero-order valence-electron chi connectivity index (χ0n) is 18.0. The average Bonchev–Trinajstić information content (AvgIpc) is 3.39. The Balaban J connectivity index is 1.41. The van der Waals surface area contributed by atoms with Gasteiger partial charge in [-0.25, -0.2) is 18.9 Å². The van der Waals surface area contributed by atoms with Crippen molar-refractivity contribution in [1.82, 2.24) is 29.0 Å². The molecule has 0 radical (unpaired) electrons. The van der Waals surface area contributed by atoms with Gasteiger partial charge in [-0.3, -0.25) is 4.90 Å². The minimum absolute atomic E-state index is 0.277. The van der Waals surface area contributed by atoms with E-state index in [0.29, 0.717) is 25.1 Å². The number of rotatable bonds is 6. The number of imidazole rings is 1. The van der Waals surface area contributed by atoms with Crippen LogP contribution in [0.25, 0.3) is 17.3 Å². The molecule has 1 N–H and O–H groups in total. The predicted octanol–water partition coefficient (Wildman–Crippen LogP) is 3.71. The fourth-order valence-electron chi connectivity index (χ4n) is 4.55. The van der Waals surface area contributed by atoms with Crippen LogP contribution >= 0.6 is 0 Å². The minimum Gasteiger partial charge on any atom is -0.346 e. The van der Waals surface area contributed by atoms with Gasteiger partial charge in [-0.1, -0.05) is 19.1 Å². The predicted molar refractivity (Wildman–Crippen MR) is 121 cm³/mol. The standard InChI is InChI=1S/C23H28FN7/c1-4-17(12-29-11-9-25-16(29)3)19-8-10-31-22(19)15(2)26-23(28-31)27-21-14-30(13-20(21)24)18-6-5-7-18/h4,8-12,18,20-21H,1,5-7,13-14H2,2-3H3,(H,27,28)/b17-12+/t20-,21+/m0/s1. The maximum Gasteiger partial charge on any atom is 0.241 e. The summed E-state index contributed by atoms with van der Waals surface area (Å²) < 4.78 is 18.4. The number of aromatic nitrogens is 5. The Kier molecular flexibility index (Phi) is 5.09. The smallest absolute Gasteiger partial charge is 0.241 e. The number of alkyl halides is 1. The highest BCUT2D eigenvalue weighted by Crippen LogP contribution is 2.30. The molecule has 162 valence electrons. The fourth-order valence-corrected chi connectivity index (χ4v) is 4.55. The van der Waals surface area contributed by atoms with E-state index in [0.717, 1.165) is 28.2 Å². The lowest BCUT2D eigenvalue weighted by molar-refractivity contribution is 0.148.